The molecule has 27 heavy (non-hydrogen) atoms. The number of fused-ring (bicyclic) bond motifs is 3. The van der Waals surface area contributed by atoms with Crippen molar-refractivity contribution in [1.29, 1.82) is 0 Å². The summed E-state index contributed by atoms with van der Waals surface area (Å²) in [5.41, 5.74) is 4.29. The molecule has 2 aromatic rings. The third-order valence-electron chi connectivity index (χ3n) is 5.16. The fraction of sp³-hybridized carbons (Fsp3) is 0.381. The quantitative estimate of drug-likeness (QED) is 0.471. The zero-order chi connectivity index (χ0) is 19.4. The van der Waals surface area contributed by atoms with Crippen molar-refractivity contribution in [1.82, 2.24) is 0 Å². The minimum absolute atomic E-state index is 0.107. The number of carboxylic acid groups (broad SMARTS) is 1. The smallest absolute Gasteiger partial charge is 0.303 e. The number of benzene rings is 2. The predicted molar refractivity (Wildman–Crippen MR) is 112 cm³/mol. The number of carbonyl (C=O) groups is 1. The van der Waals surface area contributed by atoms with Crippen LogP contribution < -0.4 is 0 Å². The van der Waals surface area contributed by atoms with Crippen molar-refractivity contribution in [3.63, 3.8) is 0 Å². The Morgan fingerprint density at radius 2 is 1.56 bits per heavy atom. The number of methoxy groups -OCH3 is 1. The molecule has 0 bridgehead atoms. The second kappa shape index (κ2) is 8.86. The maximum atomic E-state index is 11.4. The van der Waals surface area contributed by atoms with Gasteiger partial charge in [0.25, 0.3) is 0 Å². The van der Waals surface area contributed by atoms with Crippen LogP contribution in [-0.2, 0) is 19.7 Å². The van der Waals surface area contributed by atoms with Gasteiger partial charge >= 0.3 is 5.97 Å². The molecule has 0 fully saturated rings. The SMILES string of the molecule is COCCOCCC1(CCC(=O)O)c2cc(Br)ccc2-c2ccc(Br)cc21. The van der Waals surface area contributed by atoms with Gasteiger partial charge in [-0.25, -0.2) is 0 Å². The molecule has 0 aromatic heterocycles. The van der Waals surface area contributed by atoms with Gasteiger partial charge in [-0.2, -0.15) is 0 Å². The van der Waals surface area contributed by atoms with E-state index in [9.17, 15) is 9.90 Å². The van der Waals surface area contributed by atoms with Crippen molar-refractivity contribution in [2.24, 2.45) is 0 Å². The van der Waals surface area contributed by atoms with Gasteiger partial charge in [-0.05, 0) is 59.4 Å². The van der Waals surface area contributed by atoms with E-state index in [1.165, 1.54) is 22.3 Å². The lowest BCUT2D eigenvalue weighted by molar-refractivity contribution is -0.137. The first-order valence-electron chi connectivity index (χ1n) is 8.87. The fourth-order valence-corrected chi connectivity index (χ4v) is 4.64. The molecule has 0 amide bonds. The Morgan fingerprint density at radius 1 is 0.963 bits per heavy atom. The van der Waals surface area contributed by atoms with Gasteiger partial charge in [0.1, 0.15) is 0 Å². The third kappa shape index (κ3) is 4.29. The van der Waals surface area contributed by atoms with E-state index in [0.29, 0.717) is 26.2 Å². The number of ether oxygens (including phenoxy) is 2. The van der Waals surface area contributed by atoms with Crippen molar-refractivity contribution in [3.8, 4) is 11.1 Å². The third-order valence-corrected chi connectivity index (χ3v) is 6.14. The van der Waals surface area contributed by atoms with Crippen molar-refractivity contribution in [2.45, 2.75) is 24.7 Å². The molecule has 0 spiro atoms. The van der Waals surface area contributed by atoms with Gasteiger partial charge in [0.15, 0.2) is 0 Å². The minimum Gasteiger partial charge on any atom is -0.481 e. The van der Waals surface area contributed by atoms with Crippen LogP contribution in [0.2, 0.25) is 0 Å². The molecule has 144 valence electrons. The summed E-state index contributed by atoms with van der Waals surface area (Å²) in [6.45, 7) is 1.62. The second-order valence-electron chi connectivity index (χ2n) is 6.71. The van der Waals surface area contributed by atoms with Crippen molar-refractivity contribution in [2.75, 3.05) is 26.9 Å². The summed E-state index contributed by atoms with van der Waals surface area (Å²) < 4.78 is 12.8. The highest BCUT2D eigenvalue weighted by atomic mass is 79.9. The van der Waals surface area contributed by atoms with Crippen LogP contribution in [0, 0.1) is 0 Å². The normalized spacial score (nSPS) is 14.0. The van der Waals surface area contributed by atoms with Gasteiger partial charge in [-0.15, -0.1) is 0 Å². The highest BCUT2D eigenvalue weighted by Crippen LogP contribution is 2.54. The van der Waals surface area contributed by atoms with Crippen LogP contribution in [-0.4, -0.2) is 38.0 Å². The molecule has 4 nitrogen and oxygen atoms in total. The Hall–Kier alpha value is -1.21. The molecule has 6 heteroatoms. The standard InChI is InChI=1S/C21H22Br2O4/c1-26-10-11-27-9-8-21(7-6-20(24)25)18-12-14(22)2-4-16(18)17-5-3-15(23)13-19(17)21/h2-5,12-13H,6-11H2,1H3,(H,24,25). The summed E-state index contributed by atoms with van der Waals surface area (Å²) in [7, 11) is 1.65. The van der Waals surface area contributed by atoms with E-state index in [0.717, 1.165) is 15.4 Å². The van der Waals surface area contributed by atoms with E-state index in [1.807, 2.05) is 12.1 Å². The first kappa shape index (κ1) is 20.5. The van der Waals surface area contributed by atoms with Crippen LogP contribution in [0.4, 0.5) is 0 Å². The second-order valence-corrected chi connectivity index (χ2v) is 8.54. The van der Waals surface area contributed by atoms with Crippen LogP contribution in [0.25, 0.3) is 11.1 Å². The molecule has 1 N–H and O–H groups in total. The van der Waals surface area contributed by atoms with Crippen molar-refractivity contribution in [3.05, 3.63) is 56.5 Å². The molecule has 0 aliphatic heterocycles. The van der Waals surface area contributed by atoms with Crippen LogP contribution in [0.5, 0.6) is 0 Å². The number of hydrogen-bond acceptors (Lipinski definition) is 3. The Kier molecular flexibility index (Phi) is 6.74. The molecule has 0 radical (unpaired) electrons. The average Bonchev–Trinajstić information content (AvgIpc) is 2.89. The molecular formula is C21H22Br2O4. The Morgan fingerprint density at radius 3 is 2.07 bits per heavy atom. The maximum Gasteiger partial charge on any atom is 0.303 e. The van der Waals surface area contributed by atoms with E-state index in [-0.39, 0.29) is 11.8 Å². The van der Waals surface area contributed by atoms with Gasteiger partial charge in [-0.3, -0.25) is 4.79 Å². The molecule has 3 rings (SSSR count). The van der Waals surface area contributed by atoms with E-state index in [4.69, 9.17) is 9.47 Å². The summed E-state index contributed by atoms with van der Waals surface area (Å²) >= 11 is 7.17. The van der Waals surface area contributed by atoms with Gasteiger partial charge in [0.05, 0.1) is 13.2 Å². The van der Waals surface area contributed by atoms with E-state index >= 15 is 0 Å². The summed E-state index contributed by atoms with van der Waals surface area (Å²) in [4.78, 5) is 11.4. The van der Waals surface area contributed by atoms with Crippen LogP contribution in [0.1, 0.15) is 30.4 Å². The highest BCUT2D eigenvalue weighted by molar-refractivity contribution is 9.10. The molecule has 1 aliphatic carbocycles. The monoisotopic (exact) mass is 496 g/mol. The summed E-state index contributed by atoms with van der Waals surface area (Å²) in [5.74, 6) is -0.783. The number of carboxylic acids is 1. The highest BCUT2D eigenvalue weighted by Gasteiger charge is 2.43. The summed E-state index contributed by atoms with van der Waals surface area (Å²) in [6.07, 6.45) is 1.36. The zero-order valence-corrected chi connectivity index (χ0v) is 18.3. The lowest BCUT2D eigenvalue weighted by Crippen LogP contribution is -2.28. The number of hydrogen-bond donors (Lipinski definition) is 1. The van der Waals surface area contributed by atoms with Gasteiger partial charge in [-0.1, -0.05) is 44.0 Å². The van der Waals surface area contributed by atoms with Crippen LogP contribution in [0.15, 0.2) is 45.3 Å². The average molecular weight is 498 g/mol. The van der Waals surface area contributed by atoms with E-state index in [1.54, 1.807) is 7.11 Å². The topological polar surface area (TPSA) is 55.8 Å². The van der Waals surface area contributed by atoms with E-state index in [2.05, 4.69) is 56.1 Å². The lowest BCUT2D eigenvalue weighted by atomic mass is 9.72. The van der Waals surface area contributed by atoms with E-state index < -0.39 is 5.97 Å². The van der Waals surface area contributed by atoms with Gasteiger partial charge in [0.2, 0.25) is 0 Å². The molecule has 0 saturated carbocycles. The number of aliphatic carboxylic acids is 1. The zero-order valence-electron chi connectivity index (χ0n) is 15.1. The van der Waals surface area contributed by atoms with Crippen LogP contribution >= 0.6 is 31.9 Å². The molecule has 0 atom stereocenters. The lowest BCUT2D eigenvalue weighted by Gasteiger charge is -2.32. The Balaban J connectivity index is 2.05. The molecular weight excluding hydrogens is 476 g/mol. The van der Waals surface area contributed by atoms with Gasteiger partial charge < -0.3 is 14.6 Å². The molecule has 1 aliphatic rings. The van der Waals surface area contributed by atoms with Crippen molar-refractivity contribution >= 4 is 37.8 Å². The number of rotatable bonds is 9. The predicted octanol–water partition coefficient (Wildman–Crippen LogP) is 5.40. The fourth-order valence-electron chi connectivity index (χ4n) is 3.91. The number of halogens is 2. The molecule has 2 aromatic carbocycles. The largest absolute Gasteiger partial charge is 0.481 e. The molecule has 0 unspecified atom stereocenters. The molecule has 0 saturated heterocycles. The Labute approximate surface area is 176 Å². The van der Waals surface area contributed by atoms with Gasteiger partial charge in [0, 0.05) is 34.5 Å². The molecule has 0 heterocycles. The first-order valence-corrected chi connectivity index (χ1v) is 10.5. The summed E-state index contributed by atoms with van der Waals surface area (Å²) in [5, 5.41) is 9.37. The summed E-state index contributed by atoms with van der Waals surface area (Å²) in [6, 6.07) is 12.5. The minimum atomic E-state index is -0.783. The first-order chi connectivity index (χ1) is 13.0. The Bertz CT molecular complexity index is 783. The van der Waals surface area contributed by atoms with Crippen LogP contribution in [0.3, 0.4) is 0 Å². The maximum absolute atomic E-state index is 11.4. The van der Waals surface area contributed by atoms with Crippen molar-refractivity contribution < 1.29 is 19.4 Å².